The van der Waals surface area contributed by atoms with Crippen LogP contribution in [-0.4, -0.2) is 18.7 Å². The molecule has 18 heavy (non-hydrogen) atoms. The highest BCUT2D eigenvalue weighted by molar-refractivity contribution is 5.91. The molecular weight excluding hydrogens is 232 g/mol. The van der Waals surface area contributed by atoms with Crippen LogP contribution in [0.15, 0.2) is 18.2 Å². The molecule has 1 aliphatic rings. The highest BCUT2D eigenvalue weighted by atomic mass is 16.7. The van der Waals surface area contributed by atoms with Crippen molar-refractivity contribution < 1.29 is 14.3 Å². The van der Waals surface area contributed by atoms with Gasteiger partial charge in [0.1, 0.15) is 0 Å². The lowest BCUT2D eigenvalue weighted by Gasteiger charge is -2.07. The molecule has 1 aromatic carbocycles. The summed E-state index contributed by atoms with van der Waals surface area (Å²) in [5, 5.41) is 2.83. The highest BCUT2D eigenvalue weighted by Crippen LogP contribution is 2.34. The number of ether oxygens (including phenoxy) is 2. The largest absolute Gasteiger partial charge is 0.454 e. The van der Waals surface area contributed by atoms with Gasteiger partial charge in [0.05, 0.1) is 0 Å². The van der Waals surface area contributed by atoms with Crippen molar-refractivity contribution in [2.75, 3.05) is 12.1 Å². The maximum atomic E-state index is 11.7. The number of nitrogens with two attached hydrogens (primary N) is 1. The van der Waals surface area contributed by atoms with Crippen molar-refractivity contribution in [3.05, 3.63) is 18.2 Å². The number of carbonyl (C=O) groups is 1. The molecule has 5 nitrogen and oxygen atoms in total. The zero-order valence-corrected chi connectivity index (χ0v) is 10.4. The molecule has 0 bridgehead atoms. The maximum Gasteiger partial charge on any atom is 0.231 e. The van der Waals surface area contributed by atoms with E-state index in [0.717, 1.165) is 18.5 Å². The van der Waals surface area contributed by atoms with Crippen molar-refractivity contribution in [2.45, 2.75) is 32.2 Å². The molecule has 1 aliphatic heterocycles. The van der Waals surface area contributed by atoms with Gasteiger partial charge in [0, 0.05) is 24.2 Å². The average Bonchev–Trinajstić information content (AvgIpc) is 2.75. The molecule has 0 fully saturated rings. The van der Waals surface area contributed by atoms with E-state index in [1.165, 1.54) is 0 Å². The lowest BCUT2D eigenvalue weighted by Crippen LogP contribution is -2.16. The summed E-state index contributed by atoms with van der Waals surface area (Å²) in [6, 6.07) is 5.51. The predicted octanol–water partition coefficient (Wildman–Crippen LogP) is 1.87. The molecule has 0 aromatic heterocycles. The van der Waals surface area contributed by atoms with Crippen molar-refractivity contribution in [1.29, 1.82) is 0 Å². The van der Waals surface area contributed by atoms with Crippen LogP contribution in [0.4, 0.5) is 5.69 Å². The standard InChI is InChI=1S/C13H18N2O3/c1-9(14)3-2-4-13(16)15-10-5-6-11-12(7-10)18-8-17-11/h5-7,9H,2-4,8,14H2,1H3,(H,15,16). The van der Waals surface area contributed by atoms with Crippen LogP contribution < -0.4 is 20.5 Å². The Morgan fingerprint density at radius 2 is 2.22 bits per heavy atom. The molecule has 1 unspecified atom stereocenters. The summed E-state index contributed by atoms with van der Waals surface area (Å²) in [6.45, 7) is 2.18. The number of carbonyl (C=O) groups excluding carboxylic acids is 1. The topological polar surface area (TPSA) is 73.6 Å². The van der Waals surface area contributed by atoms with Crippen LogP contribution >= 0.6 is 0 Å². The fourth-order valence-corrected chi connectivity index (χ4v) is 1.78. The van der Waals surface area contributed by atoms with Gasteiger partial charge in [-0.05, 0) is 31.9 Å². The van der Waals surface area contributed by atoms with Gasteiger partial charge < -0.3 is 20.5 Å². The quantitative estimate of drug-likeness (QED) is 0.836. The zero-order valence-electron chi connectivity index (χ0n) is 10.4. The van der Waals surface area contributed by atoms with E-state index in [1.807, 2.05) is 6.92 Å². The first kappa shape index (κ1) is 12.7. The van der Waals surface area contributed by atoms with Crippen LogP contribution in [0.2, 0.25) is 0 Å². The van der Waals surface area contributed by atoms with E-state index in [9.17, 15) is 4.79 Å². The van der Waals surface area contributed by atoms with Crippen molar-refractivity contribution in [1.82, 2.24) is 0 Å². The lowest BCUT2D eigenvalue weighted by atomic mass is 10.1. The van der Waals surface area contributed by atoms with Gasteiger partial charge >= 0.3 is 0 Å². The molecule has 5 heteroatoms. The van der Waals surface area contributed by atoms with Crippen LogP contribution in [0.1, 0.15) is 26.2 Å². The van der Waals surface area contributed by atoms with Crippen molar-refractivity contribution in [2.24, 2.45) is 5.73 Å². The van der Waals surface area contributed by atoms with E-state index in [4.69, 9.17) is 15.2 Å². The fourth-order valence-electron chi connectivity index (χ4n) is 1.78. The normalized spacial score (nSPS) is 14.3. The van der Waals surface area contributed by atoms with Crippen LogP contribution in [0.5, 0.6) is 11.5 Å². The Bertz CT molecular complexity index is 432. The molecule has 3 N–H and O–H groups in total. The SMILES string of the molecule is CC(N)CCCC(=O)Nc1ccc2c(c1)OCO2. The van der Waals surface area contributed by atoms with Gasteiger partial charge in [0.15, 0.2) is 11.5 Å². The average molecular weight is 250 g/mol. The smallest absolute Gasteiger partial charge is 0.231 e. The van der Waals surface area contributed by atoms with Gasteiger partial charge in [0.25, 0.3) is 0 Å². The molecule has 1 atom stereocenters. The molecule has 98 valence electrons. The van der Waals surface area contributed by atoms with E-state index in [2.05, 4.69) is 5.32 Å². The van der Waals surface area contributed by atoms with Gasteiger partial charge in [-0.1, -0.05) is 0 Å². The van der Waals surface area contributed by atoms with E-state index in [1.54, 1.807) is 18.2 Å². The Hall–Kier alpha value is -1.75. The second kappa shape index (κ2) is 5.73. The highest BCUT2D eigenvalue weighted by Gasteiger charge is 2.13. The van der Waals surface area contributed by atoms with E-state index in [0.29, 0.717) is 17.9 Å². The summed E-state index contributed by atoms with van der Waals surface area (Å²) >= 11 is 0. The van der Waals surface area contributed by atoms with Crippen molar-refractivity contribution in [3.8, 4) is 11.5 Å². The lowest BCUT2D eigenvalue weighted by molar-refractivity contribution is -0.116. The van der Waals surface area contributed by atoms with E-state index >= 15 is 0 Å². The maximum absolute atomic E-state index is 11.7. The van der Waals surface area contributed by atoms with Crippen LogP contribution in [0.3, 0.4) is 0 Å². The zero-order chi connectivity index (χ0) is 13.0. The first-order valence-electron chi connectivity index (χ1n) is 6.10. The van der Waals surface area contributed by atoms with E-state index < -0.39 is 0 Å². The molecule has 1 aromatic rings. The van der Waals surface area contributed by atoms with Gasteiger partial charge in [-0.25, -0.2) is 0 Å². The molecule has 1 heterocycles. The Labute approximate surface area is 106 Å². The van der Waals surface area contributed by atoms with Gasteiger partial charge in [0.2, 0.25) is 12.7 Å². The number of benzene rings is 1. The Balaban J connectivity index is 1.84. The Kier molecular flexibility index (Phi) is 4.04. The first-order valence-corrected chi connectivity index (χ1v) is 6.10. The first-order chi connectivity index (χ1) is 8.65. The summed E-state index contributed by atoms with van der Waals surface area (Å²) < 4.78 is 10.4. The molecule has 0 saturated heterocycles. The number of anilines is 1. The number of fused-ring (bicyclic) bond motifs is 1. The summed E-state index contributed by atoms with van der Waals surface area (Å²) in [5.74, 6) is 1.38. The third-order valence-electron chi connectivity index (χ3n) is 2.72. The summed E-state index contributed by atoms with van der Waals surface area (Å²) in [7, 11) is 0. The number of hydrogen-bond acceptors (Lipinski definition) is 4. The molecule has 0 saturated carbocycles. The van der Waals surface area contributed by atoms with Gasteiger partial charge in [-0.2, -0.15) is 0 Å². The Morgan fingerprint density at radius 3 is 3.00 bits per heavy atom. The second-order valence-electron chi connectivity index (χ2n) is 4.49. The molecule has 0 spiro atoms. The van der Waals surface area contributed by atoms with Crippen molar-refractivity contribution in [3.63, 3.8) is 0 Å². The molecule has 1 amide bonds. The molecular formula is C13H18N2O3. The minimum atomic E-state index is -0.00508. The van der Waals surface area contributed by atoms with E-state index in [-0.39, 0.29) is 18.7 Å². The Morgan fingerprint density at radius 1 is 1.44 bits per heavy atom. The predicted molar refractivity (Wildman–Crippen MR) is 68.7 cm³/mol. The van der Waals surface area contributed by atoms with Crippen molar-refractivity contribution >= 4 is 11.6 Å². The monoisotopic (exact) mass is 250 g/mol. The fraction of sp³-hybridized carbons (Fsp3) is 0.462. The minimum Gasteiger partial charge on any atom is -0.454 e. The number of nitrogens with one attached hydrogen (secondary N) is 1. The molecule has 0 aliphatic carbocycles. The number of amides is 1. The van der Waals surface area contributed by atoms with Crippen LogP contribution in [0.25, 0.3) is 0 Å². The van der Waals surface area contributed by atoms with Gasteiger partial charge in [-0.3, -0.25) is 4.79 Å². The number of hydrogen-bond donors (Lipinski definition) is 2. The third kappa shape index (κ3) is 3.37. The summed E-state index contributed by atoms with van der Waals surface area (Å²) in [5.41, 5.74) is 6.36. The minimum absolute atomic E-state index is 0.00508. The second-order valence-corrected chi connectivity index (χ2v) is 4.49. The summed E-state index contributed by atoms with van der Waals surface area (Å²) in [4.78, 5) is 11.7. The van der Waals surface area contributed by atoms with Gasteiger partial charge in [-0.15, -0.1) is 0 Å². The van der Waals surface area contributed by atoms with Crippen LogP contribution in [-0.2, 0) is 4.79 Å². The third-order valence-corrected chi connectivity index (χ3v) is 2.72. The molecule has 2 rings (SSSR count). The number of rotatable bonds is 5. The molecule has 0 radical (unpaired) electrons. The van der Waals surface area contributed by atoms with Crippen LogP contribution in [0, 0.1) is 0 Å². The summed E-state index contributed by atoms with van der Waals surface area (Å²) in [6.07, 6.45) is 2.14.